The van der Waals surface area contributed by atoms with Crippen LogP contribution in [0.1, 0.15) is 18.1 Å². The first-order chi connectivity index (χ1) is 27.7. The predicted octanol–water partition coefficient (Wildman–Crippen LogP) is 14.0. The molecule has 3 aliphatic rings. The molecule has 0 radical (unpaired) electrons. The number of benzene rings is 7. The maximum Gasteiger partial charge on any atom is 0.137 e. The van der Waals surface area contributed by atoms with E-state index in [2.05, 4.69) is 198 Å². The number of para-hydroxylation sites is 2. The van der Waals surface area contributed by atoms with Crippen molar-refractivity contribution < 1.29 is 4.42 Å². The van der Waals surface area contributed by atoms with Gasteiger partial charge in [-0.15, -0.1) is 0 Å². The van der Waals surface area contributed by atoms with Crippen molar-refractivity contribution >= 4 is 82.4 Å². The van der Waals surface area contributed by atoms with Crippen molar-refractivity contribution in [3.05, 3.63) is 193 Å². The number of allylic oxidation sites excluding steroid dienone is 8. The van der Waals surface area contributed by atoms with Crippen LogP contribution in [0.3, 0.4) is 0 Å². The smallest absolute Gasteiger partial charge is 0.137 e. The van der Waals surface area contributed by atoms with Gasteiger partial charge < -0.3 is 13.6 Å². The fourth-order valence-electron chi connectivity index (χ4n) is 10.7. The predicted molar refractivity (Wildman–Crippen MR) is 234 cm³/mol. The molecule has 0 saturated carbocycles. The van der Waals surface area contributed by atoms with E-state index in [9.17, 15) is 0 Å². The minimum Gasteiger partial charge on any atom is -0.456 e. The summed E-state index contributed by atoms with van der Waals surface area (Å²) in [6.45, 7) is 2.46. The van der Waals surface area contributed by atoms with Gasteiger partial charge in [-0.2, -0.15) is 0 Å². The molecule has 56 heavy (non-hydrogen) atoms. The summed E-state index contributed by atoms with van der Waals surface area (Å²) in [4.78, 5) is 0. The first kappa shape index (κ1) is 30.3. The van der Waals surface area contributed by atoms with E-state index < -0.39 is 0 Å². The Balaban J connectivity index is 1.19. The molecule has 10 aromatic rings. The van der Waals surface area contributed by atoms with Gasteiger partial charge in [-0.05, 0) is 81.9 Å². The van der Waals surface area contributed by atoms with Gasteiger partial charge >= 0.3 is 0 Å². The van der Waals surface area contributed by atoms with E-state index in [0.29, 0.717) is 0 Å². The number of hydrogen-bond acceptors (Lipinski definition) is 1. The standard InChI is InChI=1S/C53H34N2O/c1-53-41-21-12-22-43(53)45(29-27-42(53)36-18-6-5-17-35(36)41)55-44-23-9-7-19-37(44)38-25-28-46-49(51(38)55)40-26-30-48-50(39-20-8-10-24-47(39)56-48)52(40)54(46)34-16-11-15-33(31-34)32-13-3-2-4-14-32/h2-31,43H,1H3. The summed E-state index contributed by atoms with van der Waals surface area (Å²) in [6, 6.07) is 55.3. The van der Waals surface area contributed by atoms with Gasteiger partial charge in [0.1, 0.15) is 11.2 Å². The van der Waals surface area contributed by atoms with Gasteiger partial charge in [0.2, 0.25) is 0 Å². The van der Waals surface area contributed by atoms with Crippen molar-refractivity contribution in [2.45, 2.75) is 6.92 Å². The monoisotopic (exact) mass is 714 g/mol. The minimum atomic E-state index is -0.179. The number of furan rings is 1. The molecule has 3 aromatic heterocycles. The molecule has 13 rings (SSSR count). The molecular formula is C53H34N2O. The summed E-state index contributed by atoms with van der Waals surface area (Å²) in [7, 11) is 0. The molecule has 3 nitrogen and oxygen atoms in total. The molecule has 0 fully saturated rings. The Labute approximate surface area is 323 Å². The highest BCUT2D eigenvalue weighted by molar-refractivity contribution is 6.31. The minimum absolute atomic E-state index is 0.143. The second-order valence-corrected chi connectivity index (χ2v) is 15.8. The summed E-state index contributed by atoms with van der Waals surface area (Å²) in [6.07, 6.45) is 11.9. The van der Waals surface area contributed by atoms with E-state index in [1.54, 1.807) is 0 Å². The van der Waals surface area contributed by atoms with Gasteiger partial charge in [0.25, 0.3) is 0 Å². The maximum absolute atomic E-state index is 6.57. The van der Waals surface area contributed by atoms with Crippen molar-refractivity contribution in [3.63, 3.8) is 0 Å². The molecule has 3 heteroatoms. The lowest BCUT2D eigenvalue weighted by Gasteiger charge is -2.41. The summed E-state index contributed by atoms with van der Waals surface area (Å²) in [5.74, 6) is 0.143. The highest BCUT2D eigenvalue weighted by atomic mass is 16.3. The zero-order chi connectivity index (χ0) is 36.7. The number of nitrogens with zero attached hydrogens (tertiary/aromatic N) is 2. The van der Waals surface area contributed by atoms with Gasteiger partial charge in [-0.25, -0.2) is 0 Å². The zero-order valence-corrected chi connectivity index (χ0v) is 30.7. The average Bonchev–Trinajstić information content (AvgIpc) is 3.97. The summed E-state index contributed by atoms with van der Waals surface area (Å²) in [5.41, 5.74) is 16.8. The van der Waals surface area contributed by atoms with E-state index in [4.69, 9.17) is 4.42 Å². The van der Waals surface area contributed by atoms with Crippen LogP contribution in [-0.4, -0.2) is 9.13 Å². The molecule has 2 unspecified atom stereocenters. The fourth-order valence-corrected chi connectivity index (χ4v) is 10.7. The molecule has 0 saturated heterocycles. The lowest BCUT2D eigenvalue weighted by Crippen LogP contribution is -2.31. The summed E-state index contributed by atoms with van der Waals surface area (Å²) >= 11 is 0. The normalized spacial score (nSPS) is 18.6. The molecule has 0 spiro atoms. The first-order valence-corrected chi connectivity index (χ1v) is 19.6. The molecule has 0 aliphatic heterocycles. The summed E-state index contributed by atoms with van der Waals surface area (Å²) < 4.78 is 11.7. The largest absolute Gasteiger partial charge is 0.456 e. The Morgan fingerprint density at radius 1 is 0.500 bits per heavy atom. The number of rotatable bonds is 3. The Morgan fingerprint density at radius 3 is 2.09 bits per heavy atom. The van der Waals surface area contributed by atoms with Gasteiger partial charge in [0.05, 0.1) is 27.5 Å². The van der Waals surface area contributed by atoms with Crippen LogP contribution < -0.4 is 0 Å². The molecule has 0 amide bonds. The Morgan fingerprint density at radius 2 is 1.21 bits per heavy atom. The third-order valence-electron chi connectivity index (χ3n) is 13.1. The Bertz CT molecular complexity index is 3490. The lowest BCUT2D eigenvalue weighted by molar-refractivity contribution is 0.501. The molecular weight excluding hydrogens is 681 g/mol. The van der Waals surface area contributed by atoms with E-state index in [1.807, 2.05) is 0 Å². The van der Waals surface area contributed by atoms with Crippen molar-refractivity contribution in [2.24, 2.45) is 11.3 Å². The van der Waals surface area contributed by atoms with Crippen LogP contribution >= 0.6 is 0 Å². The quantitative estimate of drug-likeness (QED) is 0.179. The van der Waals surface area contributed by atoms with Crippen LogP contribution in [0.25, 0.3) is 99.2 Å². The second kappa shape index (κ2) is 10.8. The van der Waals surface area contributed by atoms with Gasteiger partial charge in [-0.3, -0.25) is 0 Å². The van der Waals surface area contributed by atoms with E-state index >= 15 is 0 Å². The highest BCUT2D eigenvalue weighted by Gasteiger charge is 2.50. The first-order valence-electron chi connectivity index (χ1n) is 19.6. The van der Waals surface area contributed by atoms with Gasteiger partial charge in [0.15, 0.2) is 0 Å². The Hall–Kier alpha value is -7.10. The van der Waals surface area contributed by atoms with E-state index in [0.717, 1.165) is 33.1 Å². The summed E-state index contributed by atoms with van der Waals surface area (Å²) in [5, 5.41) is 7.25. The van der Waals surface area contributed by atoms with Crippen molar-refractivity contribution in [2.75, 3.05) is 0 Å². The van der Waals surface area contributed by atoms with Gasteiger partial charge in [-0.1, -0.05) is 140 Å². The topological polar surface area (TPSA) is 23.0 Å². The van der Waals surface area contributed by atoms with E-state index in [1.165, 1.54) is 77.2 Å². The molecule has 0 N–H and O–H groups in total. The zero-order valence-electron chi connectivity index (χ0n) is 30.7. The molecule has 3 heterocycles. The molecule has 262 valence electrons. The third kappa shape index (κ3) is 3.72. The lowest BCUT2D eigenvalue weighted by atomic mass is 9.63. The van der Waals surface area contributed by atoms with Crippen LogP contribution in [0.15, 0.2) is 186 Å². The van der Waals surface area contributed by atoms with Crippen LogP contribution in [0, 0.1) is 11.3 Å². The van der Waals surface area contributed by atoms with Crippen LogP contribution in [0.5, 0.6) is 0 Å². The fraction of sp³-hybridized carbons (Fsp3) is 0.0566. The number of fused-ring (bicyclic) bond motifs is 14. The molecule has 0 bridgehead atoms. The highest BCUT2D eigenvalue weighted by Crippen LogP contribution is 2.64. The van der Waals surface area contributed by atoms with Crippen LogP contribution in [0.2, 0.25) is 0 Å². The number of aromatic nitrogens is 2. The molecule has 2 atom stereocenters. The Kier molecular flexibility index (Phi) is 5.82. The third-order valence-corrected chi connectivity index (χ3v) is 13.1. The van der Waals surface area contributed by atoms with Crippen LogP contribution in [0.4, 0.5) is 0 Å². The molecule has 3 aliphatic carbocycles. The maximum atomic E-state index is 6.57. The van der Waals surface area contributed by atoms with Crippen molar-refractivity contribution in [1.82, 2.24) is 9.13 Å². The van der Waals surface area contributed by atoms with E-state index in [-0.39, 0.29) is 11.3 Å². The molecule has 7 aromatic carbocycles. The average molecular weight is 715 g/mol. The second-order valence-electron chi connectivity index (χ2n) is 15.8. The van der Waals surface area contributed by atoms with Gasteiger partial charge in [0, 0.05) is 49.6 Å². The van der Waals surface area contributed by atoms with Crippen molar-refractivity contribution in [1.29, 1.82) is 0 Å². The SMILES string of the molecule is CC12C3=CC=CC1C(n1c4ccccc4c4ccc5c(c6ccc7oc8ccccc8c7c6n5-c5cccc(-c6ccccc6)c5)c41)=CC=C2c1ccccc13. The number of hydrogen-bond donors (Lipinski definition) is 0. The van der Waals surface area contributed by atoms with Crippen molar-refractivity contribution in [3.8, 4) is 16.8 Å². The van der Waals surface area contributed by atoms with Crippen LogP contribution in [-0.2, 0) is 0 Å².